The van der Waals surface area contributed by atoms with Gasteiger partial charge in [0, 0.05) is 17.6 Å². The summed E-state index contributed by atoms with van der Waals surface area (Å²) in [5, 5.41) is 0. The van der Waals surface area contributed by atoms with Crippen LogP contribution in [0.1, 0.15) is 52.8 Å². The van der Waals surface area contributed by atoms with E-state index in [4.69, 9.17) is 0 Å². The van der Waals surface area contributed by atoms with Gasteiger partial charge in [-0.1, -0.05) is 35.2 Å². The minimum absolute atomic E-state index is 0.175. The lowest BCUT2D eigenvalue weighted by atomic mass is 9.94. The van der Waals surface area contributed by atoms with Gasteiger partial charge in [-0.2, -0.15) is 0 Å². The number of hydrogen-bond donors (Lipinski definition) is 0. The van der Waals surface area contributed by atoms with Crippen molar-refractivity contribution in [1.82, 2.24) is 9.80 Å². The van der Waals surface area contributed by atoms with Crippen molar-refractivity contribution >= 4 is 33.7 Å². The predicted molar refractivity (Wildman–Crippen MR) is 89.2 cm³/mol. The van der Waals surface area contributed by atoms with Crippen LogP contribution in [-0.2, 0) is 4.79 Å². The van der Waals surface area contributed by atoms with E-state index in [-0.39, 0.29) is 24.4 Å². The molecule has 0 unspecified atom stereocenters. The third-order valence-electron chi connectivity index (χ3n) is 4.74. The van der Waals surface area contributed by atoms with Crippen molar-refractivity contribution < 1.29 is 14.4 Å². The number of nitrogens with zero attached hydrogens (tertiary/aromatic N) is 2. The Kier molecular flexibility index (Phi) is 4.53. The van der Waals surface area contributed by atoms with Gasteiger partial charge in [-0.15, -0.1) is 0 Å². The lowest BCUT2D eigenvalue weighted by molar-refractivity contribution is -0.132. The summed E-state index contributed by atoms with van der Waals surface area (Å²) in [7, 11) is 1.77. The fourth-order valence-corrected chi connectivity index (χ4v) is 3.69. The molecule has 1 aliphatic heterocycles. The van der Waals surface area contributed by atoms with Gasteiger partial charge in [0.25, 0.3) is 11.8 Å². The largest absolute Gasteiger partial charge is 0.341 e. The number of carbonyl (C=O) groups is 3. The second kappa shape index (κ2) is 6.43. The van der Waals surface area contributed by atoms with Crippen molar-refractivity contribution in [2.45, 2.75) is 38.1 Å². The van der Waals surface area contributed by atoms with Gasteiger partial charge in [-0.25, -0.2) is 0 Å². The molecule has 122 valence electrons. The molecule has 0 radical (unpaired) electrons. The molecule has 6 heteroatoms. The van der Waals surface area contributed by atoms with Gasteiger partial charge in [-0.3, -0.25) is 19.3 Å². The molecule has 1 saturated carbocycles. The van der Waals surface area contributed by atoms with E-state index in [0.29, 0.717) is 11.1 Å². The summed E-state index contributed by atoms with van der Waals surface area (Å²) in [5.41, 5.74) is 0.726. The Morgan fingerprint density at radius 2 is 1.83 bits per heavy atom. The van der Waals surface area contributed by atoms with Crippen LogP contribution in [0, 0.1) is 0 Å². The zero-order chi connectivity index (χ0) is 16.6. The van der Waals surface area contributed by atoms with Gasteiger partial charge in [0.05, 0.1) is 11.1 Å². The summed E-state index contributed by atoms with van der Waals surface area (Å²) in [6.45, 7) is -0.184. The molecule has 1 aromatic rings. The second-order valence-electron chi connectivity index (χ2n) is 6.18. The molecule has 1 fully saturated rings. The lowest BCUT2D eigenvalue weighted by Gasteiger charge is -2.32. The maximum absolute atomic E-state index is 12.5. The number of rotatable bonds is 3. The van der Waals surface area contributed by atoms with Crippen LogP contribution in [0.15, 0.2) is 22.7 Å². The molecule has 1 aliphatic carbocycles. The third-order valence-corrected chi connectivity index (χ3v) is 5.24. The SMILES string of the molecule is CN(C(=O)CN1C(=O)c2ccc(Br)cc2C1=O)C1CCCCC1. The predicted octanol–water partition coefficient (Wildman–Crippen LogP) is 2.84. The van der Waals surface area contributed by atoms with E-state index in [1.54, 1.807) is 30.1 Å². The quantitative estimate of drug-likeness (QED) is 0.759. The molecular weight excluding hydrogens is 360 g/mol. The van der Waals surface area contributed by atoms with Gasteiger partial charge in [-0.05, 0) is 31.0 Å². The molecule has 2 aliphatic rings. The fourth-order valence-electron chi connectivity index (χ4n) is 3.33. The average Bonchev–Trinajstić information content (AvgIpc) is 2.79. The van der Waals surface area contributed by atoms with Gasteiger partial charge >= 0.3 is 0 Å². The molecular formula is C17H19BrN2O3. The highest BCUT2D eigenvalue weighted by molar-refractivity contribution is 9.10. The fraction of sp³-hybridized carbons (Fsp3) is 0.471. The van der Waals surface area contributed by atoms with Crippen LogP contribution in [0.4, 0.5) is 0 Å². The maximum atomic E-state index is 12.5. The van der Waals surface area contributed by atoms with E-state index in [2.05, 4.69) is 15.9 Å². The van der Waals surface area contributed by atoms with Crippen LogP contribution in [0.5, 0.6) is 0 Å². The summed E-state index contributed by atoms with van der Waals surface area (Å²) in [6, 6.07) is 5.20. The molecule has 0 atom stereocenters. The Morgan fingerprint density at radius 3 is 2.52 bits per heavy atom. The summed E-state index contributed by atoms with van der Waals surface area (Å²) in [5.74, 6) is -0.954. The minimum atomic E-state index is -0.392. The highest BCUT2D eigenvalue weighted by atomic mass is 79.9. The maximum Gasteiger partial charge on any atom is 0.262 e. The standard InChI is InChI=1S/C17H19BrN2O3/c1-19(12-5-3-2-4-6-12)15(21)10-20-16(22)13-8-7-11(18)9-14(13)17(20)23/h7-9,12H,2-6,10H2,1H3. The lowest BCUT2D eigenvalue weighted by Crippen LogP contribution is -2.45. The first-order valence-electron chi connectivity index (χ1n) is 7.90. The van der Waals surface area contributed by atoms with E-state index in [1.165, 1.54) is 6.42 Å². The van der Waals surface area contributed by atoms with Crippen molar-refractivity contribution in [3.05, 3.63) is 33.8 Å². The first-order valence-corrected chi connectivity index (χ1v) is 8.69. The van der Waals surface area contributed by atoms with Crippen molar-refractivity contribution in [2.75, 3.05) is 13.6 Å². The summed E-state index contributed by atoms with van der Waals surface area (Å²) in [6.07, 6.45) is 5.47. The summed E-state index contributed by atoms with van der Waals surface area (Å²) >= 11 is 3.30. The molecule has 23 heavy (non-hydrogen) atoms. The second-order valence-corrected chi connectivity index (χ2v) is 7.10. The Labute approximate surface area is 143 Å². The molecule has 3 amide bonds. The Balaban J connectivity index is 1.72. The van der Waals surface area contributed by atoms with Crippen LogP contribution in [0.2, 0.25) is 0 Å². The van der Waals surface area contributed by atoms with Gasteiger partial charge < -0.3 is 4.90 Å². The van der Waals surface area contributed by atoms with E-state index in [0.717, 1.165) is 35.1 Å². The zero-order valence-electron chi connectivity index (χ0n) is 13.0. The molecule has 3 rings (SSSR count). The molecule has 5 nitrogen and oxygen atoms in total. The summed E-state index contributed by atoms with van der Waals surface area (Å²) < 4.78 is 0.741. The molecule has 1 heterocycles. The first kappa shape index (κ1) is 16.2. The summed E-state index contributed by atoms with van der Waals surface area (Å²) in [4.78, 5) is 40.0. The van der Waals surface area contributed by atoms with E-state index in [1.807, 2.05) is 0 Å². The number of halogens is 1. The van der Waals surface area contributed by atoms with Crippen molar-refractivity contribution in [3.8, 4) is 0 Å². The van der Waals surface area contributed by atoms with Crippen molar-refractivity contribution in [3.63, 3.8) is 0 Å². The average molecular weight is 379 g/mol. The zero-order valence-corrected chi connectivity index (χ0v) is 14.6. The monoisotopic (exact) mass is 378 g/mol. The smallest absolute Gasteiger partial charge is 0.262 e. The van der Waals surface area contributed by atoms with E-state index in [9.17, 15) is 14.4 Å². The number of carbonyl (C=O) groups excluding carboxylic acids is 3. The van der Waals surface area contributed by atoms with Gasteiger partial charge in [0.15, 0.2) is 0 Å². The van der Waals surface area contributed by atoms with E-state index < -0.39 is 5.91 Å². The van der Waals surface area contributed by atoms with Crippen LogP contribution in [-0.4, -0.2) is 47.2 Å². The number of benzene rings is 1. The highest BCUT2D eigenvalue weighted by Crippen LogP contribution is 2.27. The van der Waals surface area contributed by atoms with Crippen molar-refractivity contribution in [1.29, 1.82) is 0 Å². The Morgan fingerprint density at radius 1 is 1.17 bits per heavy atom. The van der Waals surface area contributed by atoms with Gasteiger partial charge in [0.2, 0.25) is 5.91 Å². The van der Waals surface area contributed by atoms with Gasteiger partial charge in [0.1, 0.15) is 6.54 Å². The number of imide groups is 1. The van der Waals surface area contributed by atoms with Crippen molar-refractivity contribution in [2.24, 2.45) is 0 Å². The third kappa shape index (κ3) is 3.04. The molecule has 0 N–H and O–H groups in total. The Hall–Kier alpha value is -1.69. The normalized spacial score (nSPS) is 18.3. The van der Waals surface area contributed by atoms with Crippen LogP contribution >= 0.6 is 15.9 Å². The van der Waals surface area contributed by atoms with Crippen LogP contribution < -0.4 is 0 Å². The first-order chi connectivity index (χ1) is 11.0. The molecule has 0 saturated heterocycles. The number of amides is 3. The molecule has 1 aromatic carbocycles. The number of hydrogen-bond acceptors (Lipinski definition) is 3. The van der Waals surface area contributed by atoms with Crippen LogP contribution in [0.25, 0.3) is 0 Å². The minimum Gasteiger partial charge on any atom is -0.341 e. The molecule has 0 spiro atoms. The number of likely N-dealkylation sites (N-methyl/N-ethyl adjacent to an activating group) is 1. The Bertz CT molecular complexity index is 668. The van der Waals surface area contributed by atoms with E-state index >= 15 is 0 Å². The number of fused-ring (bicyclic) bond motifs is 1. The topological polar surface area (TPSA) is 57.7 Å². The highest BCUT2D eigenvalue weighted by Gasteiger charge is 2.37. The molecule has 0 bridgehead atoms. The van der Waals surface area contributed by atoms with Crippen LogP contribution in [0.3, 0.4) is 0 Å². The molecule has 0 aromatic heterocycles.